The molecular weight excluding hydrogens is 230 g/mol. The quantitative estimate of drug-likeness (QED) is 0.608. The lowest BCUT2D eigenvalue weighted by molar-refractivity contribution is -0.384. The molecule has 1 atom stereocenters. The van der Waals surface area contributed by atoms with E-state index in [4.69, 9.17) is 11.6 Å². The second kappa shape index (κ2) is 4.78. The Hall–Kier alpha value is -1.17. The minimum atomic E-state index is -0.456. The smallest absolute Gasteiger partial charge is 0.288 e. The Bertz CT molecular complexity index is 405. The van der Waals surface area contributed by atoms with Gasteiger partial charge in [-0.05, 0) is 11.6 Å². The van der Waals surface area contributed by atoms with Gasteiger partial charge in [-0.1, -0.05) is 17.7 Å². The molecule has 16 heavy (non-hydrogen) atoms. The maximum Gasteiger partial charge on any atom is 0.288 e. The molecule has 0 amide bonds. The molecule has 1 saturated heterocycles. The van der Waals surface area contributed by atoms with Gasteiger partial charge in [0.1, 0.15) is 5.02 Å². The Balaban J connectivity index is 2.27. The SMILES string of the molecule is O=[N+]([O-])c1cc([C@H]2CNCCN2)ccc1Cl. The predicted molar refractivity (Wildman–Crippen MR) is 61.7 cm³/mol. The fourth-order valence-corrected chi connectivity index (χ4v) is 1.96. The molecule has 0 unspecified atom stereocenters. The number of nitrogens with one attached hydrogen (secondary N) is 2. The normalized spacial score (nSPS) is 20.7. The molecule has 0 spiro atoms. The highest BCUT2D eigenvalue weighted by atomic mass is 35.5. The number of hydrogen-bond acceptors (Lipinski definition) is 4. The molecule has 0 saturated carbocycles. The van der Waals surface area contributed by atoms with Gasteiger partial charge < -0.3 is 10.6 Å². The van der Waals surface area contributed by atoms with E-state index in [0.29, 0.717) is 0 Å². The van der Waals surface area contributed by atoms with Crippen LogP contribution in [0.5, 0.6) is 0 Å². The molecule has 2 N–H and O–H groups in total. The van der Waals surface area contributed by atoms with E-state index in [1.54, 1.807) is 6.07 Å². The monoisotopic (exact) mass is 241 g/mol. The third-order valence-corrected chi connectivity index (χ3v) is 2.93. The van der Waals surface area contributed by atoms with Crippen molar-refractivity contribution >= 4 is 17.3 Å². The van der Waals surface area contributed by atoms with Gasteiger partial charge in [-0.2, -0.15) is 0 Å². The van der Waals surface area contributed by atoms with Crippen LogP contribution >= 0.6 is 11.6 Å². The highest BCUT2D eigenvalue weighted by Gasteiger charge is 2.19. The zero-order valence-corrected chi connectivity index (χ0v) is 9.33. The molecule has 0 aliphatic carbocycles. The Labute approximate surface area is 97.9 Å². The first-order valence-corrected chi connectivity index (χ1v) is 5.44. The Morgan fingerprint density at radius 3 is 2.88 bits per heavy atom. The third-order valence-electron chi connectivity index (χ3n) is 2.61. The zero-order chi connectivity index (χ0) is 11.5. The van der Waals surface area contributed by atoms with Crippen LogP contribution in [0.2, 0.25) is 5.02 Å². The molecule has 1 aromatic rings. The van der Waals surface area contributed by atoms with Crippen molar-refractivity contribution in [2.75, 3.05) is 19.6 Å². The van der Waals surface area contributed by atoms with Crippen molar-refractivity contribution in [1.29, 1.82) is 0 Å². The van der Waals surface area contributed by atoms with Gasteiger partial charge >= 0.3 is 0 Å². The summed E-state index contributed by atoms with van der Waals surface area (Å²) >= 11 is 5.75. The average molecular weight is 242 g/mol. The number of benzene rings is 1. The zero-order valence-electron chi connectivity index (χ0n) is 8.57. The molecule has 0 bridgehead atoms. The second-order valence-electron chi connectivity index (χ2n) is 3.68. The minimum absolute atomic E-state index is 0.0356. The summed E-state index contributed by atoms with van der Waals surface area (Å²) in [7, 11) is 0. The molecule has 1 fully saturated rings. The van der Waals surface area contributed by atoms with E-state index >= 15 is 0 Å². The van der Waals surface area contributed by atoms with Crippen molar-refractivity contribution in [1.82, 2.24) is 10.6 Å². The molecule has 1 heterocycles. The molecule has 0 radical (unpaired) electrons. The van der Waals surface area contributed by atoms with E-state index in [0.717, 1.165) is 25.2 Å². The highest BCUT2D eigenvalue weighted by Crippen LogP contribution is 2.27. The topological polar surface area (TPSA) is 67.2 Å². The van der Waals surface area contributed by atoms with Gasteiger partial charge in [0, 0.05) is 31.7 Å². The van der Waals surface area contributed by atoms with Gasteiger partial charge in [0.2, 0.25) is 0 Å². The predicted octanol–water partition coefficient (Wildman–Crippen LogP) is 1.48. The summed E-state index contributed by atoms with van der Waals surface area (Å²) in [6, 6.07) is 5.04. The summed E-state index contributed by atoms with van der Waals surface area (Å²) in [4.78, 5) is 10.3. The molecule has 0 aromatic heterocycles. The molecule has 2 rings (SSSR count). The van der Waals surface area contributed by atoms with Gasteiger partial charge in [0.25, 0.3) is 5.69 Å². The van der Waals surface area contributed by atoms with Gasteiger partial charge in [-0.25, -0.2) is 0 Å². The van der Waals surface area contributed by atoms with Crippen LogP contribution in [-0.2, 0) is 0 Å². The van der Waals surface area contributed by atoms with E-state index in [9.17, 15) is 10.1 Å². The van der Waals surface area contributed by atoms with Crippen LogP contribution < -0.4 is 10.6 Å². The van der Waals surface area contributed by atoms with E-state index in [-0.39, 0.29) is 16.8 Å². The summed E-state index contributed by atoms with van der Waals surface area (Å²) in [5, 5.41) is 17.4. The molecule has 1 aromatic carbocycles. The largest absolute Gasteiger partial charge is 0.314 e. The van der Waals surface area contributed by atoms with E-state index in [2.05, 4.69) is 10.6 Å². The number of nitrogens with zero attached hydrogens (tertiary/aromatic N) is 1. The van der Waals surface area contributed by atoms with E-state index in [1.807, 2.05) is 6.07 Å². The number of rotatable bonds is 2. The van der Waals surface area contributed by atoms with Crippen LogP contribution in [0.1, 0.15) is 11.6 Å². The number of piperazine rings is 1. The Morgan fingerprint density at radius 2 is 2.25 bits per heavy atom. The summed E-state index contributed by atoms with van der Waals surface area (Å²) in [5.74, 6) is 0. The summed E-state index contributed by atoms with van der Waals surface area (Å²) in [6.45, 7) is 2.56. The number of nitro groups is 1. The first-order valence-electron chi connectivity index (χ1n) is 5.06. The van der Waals surface area contributed by atoms with Crippen LogP contribution in [0.25, 0.3) is 0 Å². The number of hydrogen-bond donors (Lipinski definition) is 2. The number of nitro benzene ring substituents is 1. The average Bonchev–Trinajstić information content (AvgIpc) is 2.30. The second-order valence-corrected chi connectivity index (χ2v) is 4.09. The van der Waals surface area contributed by atoms with E-state index < -0.39 is 4.92 Å². The lowest BCUT2D eigenvalue weighted by Crippen LogP contribution is -2.42. The molecule has 6 heteroatoms. The lowest BCUT2D eigenvalue weighted by atomic mass is 10.0. The molecule has 1 aliphatic rings. The van der Waals surface area contributed by atoms with Gasteiger partial charge in [-0.3, -0.25) is 10.1 Å². The van der Waals surface area contributed by atoms with Gasteiger partial charge in [0.05, 0.1) is 4.92 Å². The molecule has 5 nitrogen and oxygen atoms in total. The Morgan fingerprint density at radius 1 is 1.44 bits per heavy atom. The molecular formula is C10H12ClN3O2. The van der Waals surface area contributed by atoms with E-state index in [1.165, 1.54) is 6.07 Å². The lowest BCUT2D eigenvalue weighted by Gasteiger charge is -2.24. The van der Waals surface area contributed by atoms with Crippen molar-refractivity contribution in [2.24, 2.45) is 0 Å². The van der Waals surface area contributed by atoms with Crippen molar-refractivity contribution in [3.05, 3.63) is 38.9 Å². The van der Waals surface area contributed by atoms with Gasteiger partial charge in [0.15, 0.2) is 0 Å². The fraction of sp³-hybridized carbons (Fsp3) is 0.400. The van der Waals surface area contributed by atoms with Gasteiger partial charge in [-0.15, -0.1) is 0 Å². The summed E-state index contributed by atoms with van der Waals surface area (Å²) in [6.07, 6.45) is 0. The maximum atomic E-state index is 10.7. The van der Waals surface area contributed by atoms with Crippen LogP contribution in [-0.4, -0.2) is 24.6 Å². The van der Waals surface area contributed by atoms with Crippen molar-refractivity contribution < 1.29 is 4.92 Å². The van der Waals surface area contributed by atoms with Crippen LogP contribution in [0.3, 0.4) is 0 Å². The van der Waals surface area contributed by atoms with Crippen molar-refractivity contribution in [2.45, 2.75) is 6.04 Å². The molecule has 1 aliphatic heterocycles. The third kappa shape index (κ3) is 2.32. The highest BCUT2D eigenvalue weighted by molar-refractivity contribution is 6.32. The standard InChI is InChI=1S/C10H12ClN3O2/c11-8-2-1-7(5-10(8)14(15)16)9-6-12-3-4-13-9/h1-2,5,9,12-13H,3-4,6H2/t9-/m1/s1. The first-order chi connectivity index (χ1) is 7.68. The summed E-state index contributed by atoms with van der Waals surface area (Å²) in [5.41, 5.74) is 0.856. The van der Waals surface area contributed by atoms with Crippen LogP contribution in [0.4, 0.5) is 5.69 Å². The van der Waals surface area contributed by atoms with Crippen molar-refractivity contribution in [3.63, 3.8) is 0 Å². The first kappa shape index (κ1) is 11.3. The minimum Gasteiger partial charge on any atom is -0.314 e. The summed E-state index contributed by atoms with van der Waals surface area (Å²) < 4.78 is 0. The van der Waals surface area contributed by atoms with Crippen LogP contribution in [0, 0.1) is 10.1 Å². The maximum absolute atomic E-state index is 10.7. The van der Waals surface area contributed by atoms with Crippen LogP contribution in [0.15, 0.2) is 18.2 Å². The molecule has 86 valence electrons. The number of halogens is 1. The van der Waals surface area contributed by atoms with Crippen molar-refractivity contribution in [3.8, 4) is 0 Å². The Kier molecular flexibility index (Phi) is 3.38. The fourth-order valence-electron chi connectivity index (χ4n) is 1.78.